The number of hydrogen-bond acceptors (Lipinski definition) is 4. The Kier molecular flexibility index (Phi) is 9.85. The number of aliphatic hydroxyl groups is 2. The van der Waals surface area contributed by atoms with Crippen molar-refractivity contribution < 1.29 is 24.9 Å². The van der Waals surface area contributed by atoms with Gasteiger partial charge < -0.3 is 15.3 Å². The molecule has 0 heterocycles. The summed E-state index contributed by atoms with van der Waals surface area (Å²) in [4.78, 5) is 23.1. The van der Waals surface area contributed by atoms with Gasteiger partial charge in [0.1, 0.15) is 5.78 Å². The summed E-state index contributed by atoms with van der Waals surface area (Å²) in [6.07, 6.45) is 9.37. The number of rotatable bonds is 13. The molecule has 28 heavy (non-hydrogen) atoms. The summed E-state index contributed by atoms with van der Waals surface area (Å²) in [5.74, 6) is -0.962. The fourth-order valence-electron chi connectivity index (χ4n) is 4.59. The van der Waals surface area contributed by atoms with Gasteiger partial charge in [-0.3, -0.25) is 9.59 Å². The average molecular weight is 397 g/mol. The molecule has 3 N–H and O–H groups in total. The molecule has 0 amide bonds. The molecule has 0 spiro atoms. The molecular formula is C23H40O5. The van der Waals surface area contributed by atoms with E-state index in [1.165, 1.54) is 0 Å². The molecule has 0 aromatic carbocycles. The first-order chi connectivity index (χ1) is 13.0. The van der Waals surface area contributed by atoms with Crippen molar-refractivity contribution in [1.29, 1.82) is 0 Å². The second kappa shape index (κ2) is 11.1. The Labute approximate surface area is 170 Å². The van der Waals surface area contributed by atoms with Gasteiger partial charge in [-0.25, -0.2) is 0 Å². The molecule has 5 nitrogen and oxygen atoms in total. The SMILES string of the molecule is CCCC(C)(C)CC(O)C=C[C@H]1[C@H](O)CC(=O)[C@@]1(C)CCCCCCC(=O)O. The lowest BCUT2D eigenvalue weighted by atomic mass is 9.74. The third-order valence-corrected chi connectivity index (χ3v) is 6.25. The highest BCUT2D eigenvalue weighted by molar-refractivity contribution is 5.88. The molecule has 0 aromatic rings. The zero-order chi connectivity index (χ0) is 21.4. The van der Waals surface area contributed by atoms with Gasteiger partial charge in [-0.2, -0.15) is 0 Å². The van der Waals surface area contributed by atoms with Crippen LogP contribution in [0, 0.1) is 16.7 Å². The smallest absolute Gasteiger partial charge is 0.303 e. The summed E-state index contributed by atoms with van der Waals surface area (Å²) < 4.78 is 0. The number of aliphatic carboxylic acids is 1. The highest BCUT2D eigenvalue weighted by Crippen LogP contribution is 2.45. The number of carboxylic acids is 1. The van der Waals surface area contributed by atoms with Crippen LogP contribution < -0.4 is 0 Å². The summed E-state index contributed by atoms with van der Waals surface area (Å²) in [5.41, 5.74) is -0.552. The van der Waals surface area contributed by atoms with Crippen LogP contribution in [0.25, 0.3) is 0 Å². The molecule has 0 bridgehead atoms. The van der Waals surface area contributed by atoms with Gasteiger partial charge in [0.15, 0.2) is 0 Å². The van der Waals surface area contributed by atoms with Gasteiger partial charge in [0.05, 0.1) is 12.2 Å². The Balaban J connectivity index is 2.63. The first-order valence-corrected chi connectivity index (χ1v) is 10.8. The van der Waals surface area contributed by atoms with E-state index in [-0.39, 0.29) is 30.0 Å². The summed E-state index contributed by atoms with van der Waals surface area (Å²) >= 11 is 0. The van der Waals surface area contributed by atoms with Crippen LogP contribution in [0.5, 0.6) is 0 Å². The third kappa shape index (κ3) is 7.67. The van der Waals surface area contributed by atoms with Crippen LogP contribution in [0.3, 0.4) is 0 Å². The van der Waals surface area contributed by atoms with Crippen molar-refractivity contribution in [2.75, 3.05) is 0 Å². The molecule has 0 aliphatic heterocycles. The summed E-state index contributed by atoms with van der Waals surface area (Å²) in [6, 6.07) is 0. The van der Waals surface area contributed by atoms with Gasteiger partial charge in [-0.05, 0) is 31.1 Å². The van der Waals surface area contributed by atoms with Crippen LogP contribution in [0.4, 0.5) is 0 Å². The molecule has 0 aromatic heterocycles. The minimum atomic E-state index is -0.771. The van der Waals surface area contributed by atoms with Crippen LogP contribution >= 0.6 is 0 Å². The fraction of sp³-hybridized carbons (Fsp3) is 0.826. The summed E-state index contributed by atoms with van der Waals surface area (Å²) in [7, 11) is 0. The topological polar surface area (TPSA) is 94.8 Å². The van der Waals surface area contributed by atoms with E-state index in [4.69, 9.17) is 5.11 Å². The van der Waals surface area contributed by atoms with Crippen LogP contribution in [-0.2, 0) is 9.59 Å². The van der Waals surface area contributed by atoms with E-state index in [9.17, 15) is 19.8 Å². The Bertz CT molecular complexity index is 539. The van der Waals surface area contributed by atoms with Gasteiger partial charge in [0, 0.05) is 24.2 Å². The van der Waals surface area contributed by atoms with E-state index in [0.29, 0.717) is 19.3 Å². The number of carbonyl (C=O) groups excluding carboxylic acids is 1. The molecule has 0 radical (unpaired) electrons. The van der Waals surface area contributed by atoms with Gasteiger partial charge in [0.25, 0.3) is 0 Å². The number of carbonyl (C=O) groups is 2. The molecule has 1 fully saturated rings. The molecule has 1 aliphatic rings. The molecular weight excluding hydrogens is 356 g/mol. The minimum absolute atomic E-state index is 0.0574. The normalized spacial score (nSPS) is 26.9. The Morgan fingerprint density at radius 1 is 1.29 bits per heavy atom. The van der Waals surface area contributed by atoms with Crippen molar-refractivity contribution in [2.45, 2.75) is 104 Å². The van der Waals surface area contributed by atoms with Crippen LogP contribution in [0.1, 0.15) is 91.9 Å². The predicted octanol–water partition coefficient (Wildman–Crippen LogP) is 4.50. The first-order valence-electron chi connectivity index (χ1n) is 10.8. The standard InChI is InChI=1S/C23H40O5/c1-5-13-22(2,3)16-17(24)11-12-18-19(25)15-20(26)23(18,4)14-9-7-6-8-10-21(27)28/h11-12,17-19,24-25H,5-10,13-16H2,1-4H3,(H,27,28)/t17?,18-,19+,23-/m0/s1. The molecule has 162 valence electrons. The quantitative estimate of drug-likeness (QED) is 0.315. The average Bonchev–Trinajstić information content (AvgIpc) is 2.77. The van der Waals surface area contributed by atoms with E-state index >= 15 is 0 Å². The van der Waals surface area contributed by atoms with Crippen molar-refractivity contribution in [3.05, 3.63) is 12.2 Å². The predicted molar refractivity (Wildman–Crippen MR) is 111 cm³/mol. The molecule has 1 aliphatic carbocycles. The van der Waals surface area contributed by atoms with Gasteiger partial charge in [-0.15, -0.1) is 0 Å². The Morgan fingerprint density at radius 2 is 1.93 bits per heavy atom. The van der Waals surface area contributed by atoms with Crippen LogP contribution in [-0.4, -0.2) is 39.3 Å². The van der Waals surface area contributed by atoms with E-state index in [1.807, 2.05) is 13.0 Å². The minimum Gasteiger partial charge on any atom is -0.481 e. The van der Waals surface area contributed by atoms with Crippen LogP contribution in [0.15, 0.2) is 12.2 Å². The Morgan fingerprint density at radius 3 is 2.54 bits per heavy atom. The molecule has 4 atom stereocenters. The molecule has 1 rings (SSSR count). The molecule has 5 heteroatoms. The zero-order valence-electron chi connectivity index (χ0n) is 18.1. The lowest BCUT2D eigenvalue weighted by Gasteiger charge is -2.30. The maximum absolute atomic E-state index is 12.6. The summed E-state index contributed by atoms with van der Waals surface area (Å²) in [5, 5.41) is 29.5. The van der Waals surface area contributed by atoms with Gasteiger partial charge in [-0.1, -0.05) is 65.5 Å². The number of aliphatic hydroxyl groups excluding tert-OH is 2. The third-order valence-electron chi connectivity index (χ3n) is 6.25. The second-order valence-electron chi connectivity index (χ2n) is 9.52. The van der Waals surface area contributed by atoms with Crippen molar-refractivity contribution >= 4 is 11.8 Å². The monoisotopic (exact) mass is 396 g/mol. The van der Waals surface area contributed by atoms with Crippen molar-refractivity contribution in [1.82, 2.24) is 0 Å². The molecule has 1 saturated carbocycles. The summed E-state index contributed by atoms with van der Waals surface area (Å²) in [6.45, 7) is 8.36. The Hall–Kier alpha value is -1.20. The van der Waals surface area contributed by atoms with Gasteiger partial charge >= 0.3 is 5.97 Å². The highest BCUT2D eigenvalue weighted by Gasteiger charge is 2.49. The molecule has 0 saturated heterocycles. The maximum Gasteiger partial charge on any atom is 0.303 e. The second-order valence-corrected chi connectivity index (χ2v) is 9.52. The van der Waals surface area contributed by atoms with Crippen LogP contribution in [0.2, 0.25) is 0 Å². The highest BCUT2D eigenvalue weighted by atomic mass is 16.4. The van der Waals surface area contributed by atoms with Crippen molar-refractivity contribution in [3.8, 4) is 0 Å². The zero-order valence-corrected chi connectivity index (χ0v) is 18.1. The number of unbranched alkanes of at least 4 members (excludes halogenated alkanes) is 3. The number of carboxylic acid groups (broad SMARTS) is 1. The number of Topliss-reactive ketones (excluding diaryl/α,β-unsaturated/α-hetero) is 1. The van der Waals surface area contributed by atoms with Crippen molar-refractivity contribution in [3.63, 3.8) is 0 Å². The first kappa shape index (κ1) is 24.8. The van der Waals surface area contributed by atoms with E-state index in [2.05, 4.69) is 20.8 Å². The lowest BCUT2D eigenvalue weighted by molar-refractivity contribution is -0.137. The van der Waals surface area contributed by atoms with E-state index in [0.717, 1.165) is 32.1 Å². The fourth-order valence-corrected chi connectivity index (χ4v) is 4.59. The number of hydrogen-bond donors (Lipinski definition) is 3. The largest absolute Gasteiger partial charge is 0.481 e. The van der Waals surface area contributed by atoms with Crippen molar-refractivity contribution in [2.24, 2.45) is 16.7 Å². The van der Waals surface area contributed by atoms with E-state index in [1.54, 1.807) is 6.08 Å². The molecule has 1 unspecified atom stereocenters. The van der Waals surface area contributed by atoms with E-state index < -0.39 is 23.6 Å². The van der Waals surface area contributed by atoms with Gasteiger partial charge in [0.2, 0.25) is 0 Å². The number of ketones is 1. The lowest BCUT2D eigenvalue weighted by Crippen LogP contribution is -2.31. The maximum atomic E-state index is 12.6.